The van der Waals surface area contributed by atoms with Crippen molar-refractivity contribution in [2.75, 3.05) is 15.5 Å². The molecule has 4 rings (SSSR count). The molecule has 3 amide bonds. The van der Waals surface area contributed by atoms with Gasteiger partial charge in [0, 0.05) is 11.3 Å². The number of carbonyl (C=O) groups is 4. The molecule has 0 atom stereocenters. The van der Waals surface area contributed by atoms with E-state index in [4.69, 9.17) is 16.3 Å². The first-order valence-electron chi connectivity index (χ1n) is 11.9. The molecule has 1 heterocycles. The van der Waals surface area contributed by atoms with Crippen LogP contribution in [0.25, 0.3) is 0 Å². The molecule has 0 fully saturated rings. The molecule has 3 aromatic carbocycles. The molecule has 0 aromatic heterocycles. The molecular formula is C29H26ClN3O5. The van der Waals surface area contributed by atoms with Gasteiger partial charge < -0.3 is 15.4 Å². The average molecular weight is 532 g/mol. The molecular weight excluding hydrogens is 506 g/mol. The van der Waals surface area contributed by atoms with E-state index in [1.165, 1.54) is 6.07 Å². The highest BCUT2D eigenvalue weighted by Gasteiger charge is 2.39. The number of aryl methyl sites for hydroxylation is 2. The van der Waals surface area contributed by atoms with Gasteiger partial charge in [0.15, 0.2) is 0 Å². The van der Waals surface area contributed by atoms with Crippen LogP contribution in [0.1, 0.15) is 45.7 Å². The molecule has 194 valence electrons. The van der Waals surface area contributed by atoms with E-state index in [0.717, 1.165) is 16.0 Å². The Hall–Kier alpha value is -4.43. The number of halogens is 1. The van der Waals surface area contributed by atoms with Gasteiger partial charge in [-0.15, -0.1) is 0 Å². The van der Waals surface area contributed by atoms with Crippen molar-refractivity contribution in [1.29, 1.82) is 0 Å². The summed E-state index contributed by atoms with van der Waals surface area (Å²) in [5.74, 6) is -2.27. The standard InChI is InChI=1S/C29H26ClN3O5/c1-16(2)38-29(37)22-10-5-6-11-23(22)32-26(34)19-8-7-9-20(15-19)31-25-24(30)27(35)33(28(25)36)21-13-12-17(3)18(4)14-21/h5-16,31H,1-4H3,(H,32,34). The fraction of sp³-hybridized carbons (Fsp3) is 0.172. The third-order valence-electron chi connectivity index (χ3n) is 5.91. The Balaban J connectivity index is 1.54. The van der Waals surface area contributed by atoms with Crippen LogP contribution in [-0.2, 0) is 14.3 Å². The Kier molecular flexibility index (Phi) is 7.64. The van der Waals surface area contributed by atoms with Crippen molar-refractivity contribution in [3.63, 3.8) is 0 Å². The predicted molar refractivity (Wildman–Crippen MR) is 146 cm³/mol. The topological polar surface area (TPSA) is 105 Å². The fourth-order valence-corrected chi connectivity index (χ4v) is 4.05. The fourth-order valence-electron chi connectivity index (χ4n) is 3.84. The van der Waals surface area contributed by atoms with E-state index in [0.29, 0.717) is 17.1 Å². The van der Waals surface area contributed by atoms with Crippen LogP contribution >= 0.6 is 11.6 Å². The quantitative estimate of drug-likeness (QED) is 0.305. The molecule has 0 saturated carbocycles. The number of rotatable bonds is 7. The highest BCUT2D eigenvalue weighted by Crippen LogP contribution is 2.31. The highest BCUT2D eigenvalue weighted by molar-refractivity contribution is 6.53. The summed E-state index contributed by atoms with van der Waals surface area (Å²) in [6.45, 7) is 7.30. The van der Waals surface area contributed by atoms with Crippen molar-refractivity contribution in [1.82, 2.24) is 0 Å². The minimum absolute atomic E-state index is 0.0887. The number of nitrogens with one attached hydrogen (secondary N) is 2. The number of nitrogens with zero attached hydrogens (tertiary/aromatic N) is 1. The summed E-state index contributed by atoms with van der Waals surface area (Å²) in [6.07, 6.45) is -0.314. The van der Waals surface area contributed by atoms with Crippen LogP contribution in [0.5, 0.6) is 0 Å². The van der Waals surface area contributed by atoms with Crippen LogP contribution in [0.4, 0.5) is 17.1 Å². The summed E-state index contributed by atoms with van der Waals surface area (Å²) < 4.78 is 5.26. The molecule has 0 aliphatic carbocycles. The van der Waals surface area contributed by atoms with E-state index in [2.05, 4.69) is 10.6 Å². The molecule has 1 aliphatic heterocycles. The summed E-state index contributed by atoms with van der Waals surface area (Å²) in [7, 11) is 0. The number of carbonyl (C=O) groups excluding carboxylic acids is 4. The second kappa shape index (κ2) is 10.9. The maximum absolute atomic E-state index is 13.1. The van der Waals surface area contributed by atoms with Gasteiger partial charge in [0.05, 0.1) is 23.0 Å². The third kappa shape index (κ3) is 5.45. The lowest BCUT2D eigenvalue weighted by Crippen LogP contribution is -2.32. The first-order chi connectivity index (χ1) is 18.1. The maximum atomic E-state index is 13.1. The average Bonchev–Trinajstić information content (AvgIpc) is 3.08. The van der Waals surface area contributed by atoms with Gasteiger partial charge in [-0.1, -0.05) is 35.9 Å². The number of hydrogen-bond acceptors (Lipinski definition) is 6. The largest absolute Gasteiger partial charge is 0.459 e. The van der Waals surface area contributed by atoms with Crippen LogP contribution in [0.15, 0.2) is 77.5 Å². The molecule has 0 spiro atoms. The molecule has 0 bridgehead atoms. The molecule has 38 heavy (non-hydrogen) atoms. The Labute approximate surface area is 225 Å². The molecule has 8 nitrogen and oxygen atoms in total. The highest BCUT2D eigenvalue weighted by atomic mass is 35.5. The van der Waals surface area contributed by atoms with Crippen molar-refractivity contribution >= 4 is 52.4 Å². The number of benzene rings is 3. The lowest BCUT2D eigenvalue weighted by molar-refractivity contribution is -0.120. The van der Waals surface area contributed by atoms with Crippen molar-refractivity contribution in [2.24, 2.45) is 0 Å². The van der Waals surface area contributed by atoms with E-state index in [1.807, 2.05) is 19.9 Å². The van der Waals surface area contributed by atoms with Crippen LogP contribution < -0.4 is 15.5 Å². The van der Waals surface area contributed by atoms with Crippen LogP contribution in [0.3, 0.4) is 0 Å². The van der Waals surface area contributed by atoms with Gasteiger partial charge in [-0.2, -0.15) is 0 Å². The van der Waals surface area contributed by atoms with Crippen LogP contribution in [0.2, 0.25) is 0 Å². The zero-order valence-corrected chi connectivity index (χ0v) is 22.1. The van der Waals surface area contributed by atoms with Gasteiger partial charge in [-0.25, -0.2) is 9.69 Å². The minimum Gasteiger partial charge on any atom is -0.459 e. The van der Waals surface area contributed by atoms with Gasteiger partial charge in [-0.05, 0) is 81.3 Å². The lowest BCUT2D eigenvalue weighted by atomic mass is 10.1. The first-order valence-corrected chi connectivity index (χ1v) is 12.3. The number of imide groups is 1. The zero-order chi connectivity index (χ0) is 27.6. The number of esters is 1. The van der Waals surface area contributed by atoms with E-state index in [-0.39, 0.29) is 28.0 Å². The molecule has 2 N–H and O–H groups in total. The zero-order valence-electron chi connectivity index (χ0n) is 21.3. The molecule has 0 saturated heterocycles. The first kappa shape index (κ1) is 26.6. The van der Waals surface area contributed by atoms with Gasteiger partial charge >= 0.3 is 5.97 Å². The monoisotopic (exact) mass is 531 g/mol. The van der Waals surface area contributed by atoms with E-state index < -0.39 is 23.7 Å². The normalized spacial score (nSPS) is 13.3. The summed E-state index contributed by atoms with van der Waals surface area (Å²) >= 11 is 6.26. The van der Waals surface area contributed by atoms with E-state index >= 15 is 0 Å². The minimum atomic E-state index is -0.638. The van der Waals surface area contributed by atoms with Crippen LogP contribution in [-0.4, -0.2) is 29.8 Å². The number of anilines is 3. The second-order valence-corrected chi connectivity index (χ2v) is 9.44. The maximum Gasteiger partial charge on any atom is 0.340 e. The van der Waals surface area contributed by atoms with Crippen molar-refractivity contribution < 1.29 is 23.9 Å². The third-order valence-corrected chi connectivity index (χ3v) is 6.26. The number of amides is 3. The Morgan fingerprint density at radius 1 is 0.895 bits per heavy atom. The SMILES string of the molecule is Cc1ccc(N2C(=O)C(Cl)=C(Nc3cccc(C(=O)Nc4ccccc4C(=O)OC(C)C)c3)C2=O)cc1C. The smallest absolute Gasteiger partial charge is 0.340 e. The van der Waals surface area contributed by atoms with Gasteiger partial charge in [-0.3, -0.25) is 14.4 Å². The Morgan fingerprint density at radius 3 is 2.34 bits per heavy atom. The van der Waals surface area contributed by atoms with Crippen molar-refractivity contribution in [3.05, 3.63) is 99.7 Å². The Morgan fingerprint density at radius 2 is 1.63 bits per heavy atom. The molecule has 0 radical (unpaired) electrons. The van der Waals surface area contributed by atoms with Crippen molar-refractivity contribution in [3.8, 4) is 0 Å². The summed E-state index contributed by atoms with van der Waals surface area (Å²) in [4.78, 5) is 52.4. The number of para-hydroxylation sites is 1. The van der Waals surface area contributed by atoms with Crippen LogP contribution in [0, 0.1) is 13.8 Å². The molecule has 3 aromatic rings. The predicted octanol–water partition coefficient (Wildman–Crippen LogP) is 5.56. The van der Waals surface area contributed by atoms with Gasteiger partial charge in [0.2, 0.25) is 0 Å². The molecule has 1 aliphatic rings. The van der Waals surface area contributed by atoms with Gasteiger partial charge in [0.25, 0.3) is 17.7 Å². The van der Waals surface area contributed by atoms with Crippen molar-refractivity contribution in [2.45, 2.75) is 33.8 Å². The van der Waals surface area contributed by atoms with E-state index in [9.17, 15) is 19.2 Å². The molecule has 0 unspecified atom stereocenters. The summed E-state index contributed by atoms with van der Waals surface area (Å²) in [5, 5.41) is 5.37. The summed E-state index contributed by atoms with van der Waals surface area (Å²) in [5.41, 5.74) is 3.44. The number of hydrogen-bond donors (Lipinski definition) is 2. The summed E-state index contributed by atoms with van der Waals surface area (Å²) in [6, 6.07) is 18.1. The second-order valence-electron chi connectivity index (χ2n) is 9.06. The Bertz CT molecular complexity index is 1500. The van der Waals surface area contributed by atoms with Gasteiger partial charge in [0.1, 0.15) is 10.7 Å². The lowest BCUT2D eigenvalue weighted by Gasteiger charge is -2.16. The molecule has 9 heteroatoms. The van der Waals surface area contributed by atoms with E-state index in [1.54, 1.807) is 68.4 Å². The number of ether oxygens (including phenoxy) is 1.